The van der Waals surface area contributed by atoms with Gasteiger partial charge in [-0.3, -0.25) is 4.79 Å². The molecule has 1 saturated carbocycles. The third-order valence-electron chi connectivity index (χ3n) is 3.72. The molecule has 1 aromatic carbocycles. The fraction of sp³-hybridized carbons (Fsp3) is 0.533. The number of rotatable bonds is 4. The van der Waals surface area contributed by atoms with Crippen LogP contribution in [-0.2, 0) is 0 Å². The van der Waals surface area contributed by atoms with Gasteiger partial charge in [0.1, 0.15) is 6.29 Å². The highest BCUT2D eigenvalue weighted by molar-refractivity contribution is 5.75. The lowest BCUT2D eigenvalue weighted by Gasteiger charge is -2.35. The van der Waals surface area contributed by atoms with Crippen molar-refractivity contribution in [2.75, 3.05) is 11.4 Å². The first kappa shape index (κ1) is 12.2. The molecule has 1 aliphatic rings. The van der Waals surface area contributed by atoms with Crippen LogP contribution in [0.1, 0.15) is 49.4 Å². The first-order valence-corrected chi connectivity index (χ1v) is 6.67. The summed E-state index contributed by atoms with van der Waals surface area (Å²) in [7, 11) is 0. The topological polar surface area (TPSA) is 20.3 Å². The molecule has 1 aromatic rings. The molecular weight excluding hydrogens is 210 g/mol. The smallest absolute Gasteiger partial charge is 0.150 e. The molecule has 2 rings (SSSR count). The number of hydrogen-bond donors (Lipinski definition) is 0. The maximum Gasteiger partial charge on any atom is 0.150 e. The van der Waals surface area contributed by atoms with Gasteiger partial charge in [0, 0.05) is 23.8 Å². The van der Waals surface area contributed by atoms with E-state index in [4.69, 9.17) is 0 Å². The summed E-state index contributed by atoms with van der Waals surface area (Å²) in [4.78, 5) is 13.1. The molecule has 92 valence electrons. The Morgan fingerprint density at radius 2 is 1.82 bits per heavy atom. The molecule has 0 radical (unpaired) electrons. The van der Waals surface area contributed by atoms with Crippen molar-refractivity contribution >= 4 is 12.0 Å². The number of hydrogen-bond acceptors (Lipinski definition) is 2. The Labute approximate surface area is 104 Å². The molecule has 0 unspecified atom stereocenters. The predicted octanol–water partition coefficient (Wildman–Crippen LogP) is 3.66. The summed E-state index contributed by atoms with van der Waals surface area (Å²) in [5.41, 5.74) is 2.01. The summed E-state index contributed by atoms with van der Waals surface area (Å²) in [6.45, 7) is 3.26. The Kier molecular flexibility index (Phi) is 4.18. The number of carbonyl (C=O) groups is 1. The highest BCUT2D eigenvalue weighted by Gasteiger charge is 2.19. The lowest BCUT2D eigenvalue weighted by molar-refractivity contribution is 0.112. The zero-order valence-corrected chi connectivity index (χ0v) is 10.6. The minimum absolute atomic E-state index is 0.691. The minimum Gasteiger partial charge on any atom is -0.369 e. The average molecular weight is 231 g/mol. The van der Waals surface area contributed by atoms with E-state index in [0.29, 0.717) is 6.04 Å². The van der Waals surface area contributed by atoms with Crippen LogP contribution < -0.4 is 4.90 Å². The van der Waals surface area contributed by atoms with Crippen molar-refractivity contribution in [3.63, 3.8) is 0 Å². The second kappa shape index (κ2) is 5.85. The van der Waals surface area contributed by atoms with Gasteiger partial charge in [-0.05, 0) is 44.0 Å². The molecule has 0 aromatic heterocycles. The van der Waals surface area contributed by atoms with E-state index < -0.39 is 0 Å². The van der Waals surface area contributed by atoms with Gasteiger partial charge in [-0.25, -0.2) is 0 Å². The highest BCUT2D eigenvalue weighted by atomic mass is 16.1. The SMILES string of the molecule is CCN(c1ccc(C=O)cc1)C1CCCCC1. The second-order valence-electron chi connectivity index (χ2n) is 4.79. The summed E-state index contributed by atoms with van der Waals surface area (Å²) >= 11 is 0. The molecule has 0 N–H and O–H groups in total. The number of benzene rings is 1. The van der Waals surface area contributed by atoms with E-state index in [2.05, 4.69) is 24.0 Å². The van der Waals surface area contributed by atoms with Crippen molar-refractivity contribution in [3.8, 4) is 0 Å². The Morgan fingerprint density at radius 3 is 2.35 bits per heavy atom. The van der Waals surface area contributed by atoms with Crippen LogP contribution >= 0.6 is 0 Å². The fourth-order valence-corrected chi connectivity index (χ4v) is 2.79. The quantitative estimate of drug-likeness (QED) is 0.737. The lowest BCUT2D eigenvalue weighted by atomic mass is 9.94. The zero-order chi connectivity index (χ0) is 12.1. The van der Waals surface area contributed by atoms with Crippen LogP contribution in [0.15, 0.2) is 24.3 Å². The summed E-state index contributed by atoms with van der Waals surface area (Å²) in [6, 6.07) is 8.65. The minimum atomic E-state index is 0.691. The van der Waals surface area contributed by atoms with E-state index >= 15 is 0 Å². The number of aldehydes is 1. The number of anilines is 1. The highest BCUT2D eigenvalue weighted by Crippen LogP contribution is 2.27. The van der Waals surface area contributed by atoms with Crippen LogP contribution in [0.3, 0.4) is 0 Å². The van der Waals surface area contributed by atoms with Gasteiger partial charge in [-0.1, -0.05) is 19.3 Å². The summed E-state index contributed by atoms with van der Waals surface area (Å²) < 4.78 is 0. The molecule has 0 bridgehead atoms. The van der Waals surface area contributed by atoms with Crippen molar-refractivity contribution in [1.29, 1.82) is 0 Å². The van der Waals surface area contributed by atoms with Crippen molar-refractivity contribution in [3.05, 3.63) is 29.8 Å². The van der Waals surface area contributed by atoms with Gasteiger partial charge in [0.25, 0.3) is 0 Å². The van der Waals surface area contributed by atoms with E-state index in [1.807, 2.05) is 12.1 Å². The largest absolute Gasteiger partial charge is 0.369 e. The van der Waals surface area contributed by atoms with Crippen molar-refractivity contribution in [2.45, 2.75) is 45.1 Å². The van der Waals surface area contributed by atoms with E-state index in [-0.39, 0.29) is 0 Å². The zero-order valence-electron chi connectivity index (χ0n) is 10.6. The Bertz CT molecular complexity index is 352. The summed E-state index contributed by atoms with van der Waals surface area (Å²) in [5, 5.41) is 0. The molecule has 1 aliphatic carbocycles. The van der Waals surface area contributed by atoms with E-state index in [1.165, 1.54) is 37.8 Å². The average Bonchev–Trinajstić information content (AvgIpc) is 2.42. The second-order valence-corrected chi connectivity index (χ2v) is 4.79. The van der Waals surface area contributed by atoms with Crippen molar-refractivity contribution in [2.24, 2.45) is 0 Å². The van der Waals surface area contributed by atoms with Crippen LogP contribution in [0.5, 0.6) is 0 Å². The Hall–Kier alpha value is -1.31. The standard InChI is InChI=1S/C15H21NO/c1-2-16(14-6-4-3-5-7-14)15-10-8-13(12-17)9-11-15/h8-12,14H,2-7H2,1H3. The van der Waals surface area contributed by atoms with Crippen molar-refractivity contribution in [1.82, 2.24) is 0 Å². The first-order valence-electron chi connectivity index (χ1n) is 6.67. The van der Waals surface area contributed by atoms with E-state index in [9.17, 15) is 4.79 Å². The molecule has 0 heterocycles. The Morgan fingerprint density at radius 1 is 1.18 bits per heavy atom. The Balaban J connectivity index is 2.12. The van der Waals surface area contributed by atoms with Crippen LogP contribution in [0.4, 0.5) is 5.69 Å². The van der Waals surface area contributed by atoms with Gasteiger partial charge in [0.05, 0.1) is 0 Å². The van der Waals surface area contributed by atoms with Gasteiger partial charge in [0.15, 0.2) is 0 Å². The van der Waals surface area contributed by atoms with Gasteiger partial charge >= 0.3 is 0 Å². The fourth-order valence-electron chi connectivity index (χ4n) is 2.79. The summed E-state index contributed by atoms with van der Waals surface area (Å²) in [5.74, 6) is 0. The molecule has 17 heavy (non-hydrogen) atoms. The first-order chi connectivity index (χ1) is 8.35. The predicted molar refractivity (Wildman–Crippen MR) is 71.7 cm³/mol. The van der Waals surface area contributed by atoms with E-state index in [0.717, 1.165) is 18.4 Å². The lowest BCUT2D eigenvalue weighted by Crippen LogP contribution is -2.36. The monoisotopic (exact) mass is 231 g/mol. The van der Waals surface area contributed by atoms with Crippen LogP contribution in [0, 0.1) is 0 Å². The van der Waals surface area contributed by atoms with Crippen LogP contribution in [-0.4, -0.2) is 18.9 Å². The number of nitrogens with zero attached hydrogens (tertiary/aromatic N) is 1. The normalized spacial score (nSPS) is 16.8. The van der Waals surface area contributed by atoms with Gasteiger partial charge in [-0.15, -0.1) is 0 Å². The van der Waals surface area contributed by atoms with Crippen molar-refractivity contribution < 1.29 is 4.79 Å². The summed E-state index contributed by atoms with van der Waals surface area (Å²) in [6.07, 6.45) is 7.62. The third kappa shape index (κ3) is 2.87. The maximum absolute atomic E-state index is 10.6. The third-order valence-corrected chi connectivity index (χ3v) is 3.72. The maximum atomic E-state index is 10.6. The van der Waals surface area contributed by atoms with Gasteiger partial charge in [0.2, 0.25) is 0 Å². The molecule has 2 nitrogen and oxygen atoms in total. The van der Waals surface area contributed by atoms with E-state index in [1.54, 1.807) is 0 Å². The van der Waals surface area contributed by atoms with Gasteiger partial charge < -0.3 is 4.90 Å². The van der Waals surface area contributed by atoms with Crippen LogP contribution in [0.2, 0.25) is 0 Å². The van der Waals surface area contributed by atoms with Crippen LogP contribution in [0.25, 0.3) is 0 Å². The van der Waals surface area contributed by atoms with Gasteiger partial charge in [-0.2, -0.15) is 0 Å². The molecular formula is C15H21NO. The molecule has 2 heteroatoms. The molecule has 0 atom stereocenters. The molecule has 0 spiro atoms. The molecule has 0 aliphatic heterocycles. The number of carbonyl (C=O) groups excluding carboxylic acids is 1. The molecule has 0 saturated heterocycles. The molecule has 1 fully saturated rings. The molecule has 0 amide bonds.